The highest BCUT2D eigenvalue weighted by atomic mass is 15.3. The van der Waals surface area contributed by atoms with Gasteiger partial charge in [-0.1, -0.05) is 6.92 Å². The van der Waals surface area contributed by atoms with Gasteiger partial charge in [0.05, 0.1) is 13.0 Å². The Labute approximate surface area is 56.8 Å². The molecule has 0 rings (SSSR count). The van der Waals surface area contributed by atoms with Crippen molar-refractivity contribution in [1.82, 2.24) is 9.80 Å². The average molecular weight is 129 g/mol. The summed E-state index contributed by atoms with van der Waals surface area (Å²) >= 11 is 0. The summed E-state index contributed by atoms with van der Waals surface area (Å²) in [6.45, 7) is 3.95. The lowest BCUT2D eigenvalue weighted by Gasteiger charge is -2.20. The predicted molar refractivity (Wildman–Crippen MR) is 39.7 cm³/mol. The smallest absolute Gasteiger partial charge is 0.0825 e. The van der Waals surface area contributed by atoms with E-state index in [4.69, 9.17) is 5.41 Å². The van der Waals surface area contributed by atoms with Crippen molar-refractivity contribution < 1.29 is 0 Å². The fourth-order valence-corrected chi connectivity index (χ4v) is 0.522. The van der Waals surface area contributed by atoms with Gasteiger partial charge in [0.1, 0.15) is 0 Å². The molecule has 0 aromatic carbocycles. The largest absolute Gasteiger partial charge is 0.353 e. The van der Waals surface area contributed by atoms with Crippen LogP contribution in [-0.2, 0) is 0 Å². The lowest BCUT2D eigenvalue weighted by Crippen LogP contribution is -2.31. The molecular weight excluding hydrogens is 114 g/mol. The van der Waals surface area contributed by atoms with Crippen LogP contribution in [0.1, 0.15) is 6.92 Å². The van der Waals surface area contributed by atoms with Gasteiger partial charge in [0.15, 0.2) is 0 Å². The van der Waals surface area contributed by atoms with Gasteiger partial charge in [-0.05, 0) is 13.6 Å². The molecule has 54 valence electrons. The summed E-state index contributed by atoms with van der Waals surface area (Å²) in [5, 5.41) is 6.85. The molecule has 3 nitrogen and oxygen atoms in total. The third kappa shape index (κ3) is 3.97. The molecule has 0 saturated carbocycles. The first kappa shape index (κ1) is 8.43. The molecule has 0 bridgehead atoms. The molecular formula is C6H15N3. The van der Waals surface area contributed by atoms with E-state index in [-0.39, 0.29) is 0 Å². The van der Waals surface area contributed by atoms with Crippen LogP contribution in [0.2, 0.25) is 0 Å². The van der Waals surface area contributed by atoms with E-state index < -0.39 is 0 Å². The van der Waals surface area contributed by atoms with Crippen LogP contribution >= 0.6 is 0 Å². The van der Waals surface area contributed by atoms with Crippen molar-refractivity contribution in [3.63, 3.8) is 0 Å². The Balaban J connectivity index is 3.33. The van der Waals surface area contributed by atoms with E-state index in [9.17, 15) is 0 Å². The zero-order valence-electron chi connectivity index (χ0n) is 6.39. The first-order valence-corrected chi connectivity index (χ1v) is 3.10. The molecule has 0 amide bonds. The Bertz CT molecular complexity index is 82.4. The number of hydrogen-bond acceptors (Lipinski definition) is 2. The van der Waals surface area contributed by atoms with Crippen LogP contribution in [0.5, 0.6) is 0 Å². The minimum Gasteiger partial charge on any atom is -0.353 e. The maximum absolute atomic E-state index is 6.85. The van der Waals surface area contributed by atoms with Gasteiger partial charge < -0.3 is 4.90 Å². The second-order valence-corrected chi connectivity index (χ2v) is 2.20. The van der Waals surface area contributed by atoms with Crippen molar-refractivity contribution in [2.24, 2.45) is 0 Å². The lowest BCUT2D eigenvalue weighted by atomic mass is 10.6. The Kier molecular flexibility index (Phi) is 4.05. The number of hydrogen-bond donors (Lipinski definition) is 1. The Morgan fingerprint density at radius 1 is 1.44 bits per heavy atom. The zero-order valence-corrected chi connectivity index (χ0v) is 6.39. The van der Waals surface area contributed by atoms with Crippen LogP contribution in [0.15, 0.2) is 0 Å². The monoisotopic (exact) mass is 129 g/mol. The van der Waals surface area contributed by atoms with E-state index in [0.717, 1.165) is 13.2 Å². The molecule has 0 aliphatic carbocycles. The minimum absolute atomic E-state index is 0.833. The minimum atomic E-state index is 0.833. The van der Waals surface area contributed by atoms with Gasteiger partial charge in [0, 0.05) is 7.05 Å². The standard InChI is InChI=1S/C6H15N3/c1-4-8(2)6-9(3)5-7/h5,7H,4,6H2,1-3H3. The van der Waals surface area contributed by atoms with Gasteiger partial charge in [0.2, 0.25) is 0 Å². The van der Waals surface area contributed by atoms with E-state index in [1.165, 1.54) is 6.34 Å². The van der Waals surface area contributed by atoms with E-state index in [0.29, 0.717) is 0 Å². The van der Waals surface area contributed by atoms with Crippen molar-refractivity contribution in [2.45, 2.75) is 6.92 Å². The Morgan fingerprint density at radius 3 is 2.33 bits per heavy atom. The third-order valence-electron chi connectivity index (χ3n) is 1.22. The summed E-state index contributed by atoms with van der Waals surface area (Å²) < 4.78 is 0. The topological polar surface area (TPSA) is 30.3 Å². The highest BCUT2D eigenvalue weighted by Crippen LogP contribution is 1.81. The van der Waals surface area contributed by atoms with Crippen LogP contribution < -0.4 is 0 Å². The average Bonchev–Trinajstić information content (AvgIpc) is 1.87. The molecule has 0 aliphatic rings. The number of nitrogens with zero attached hydrogens (tertiary/aromatic N) is 2. The molecule has 0 heterocycles. The molecule has 0 fully saturated rings. The second-order valence-electron chi connectivity index (χ2n) is 2.20. The maximum atomic E-state index is 6.85. The van der Waals surface area contributed by atoms with Crippen LogP contribution in [0.25, 0.3) is 0 Å². The highest BCUT2D eigenvalue weighted by molar-refractivity contribution is 5.49. The maximum Gasteiger partial charge on any atom is 0.0825 e. The fourth-order valence-electron chi connectivity index (χ4n) is 0.522. The summed E-state index contributed by atoms with van der Waals surface area (Å²) in [5.74, 6) is 0. The van der Waals surface area contributed by atoms with Gasteiger partial charge in [-0.25, -0.2) is 0 Å². The summed E-state index contributed by atoms with van der Waals surface area (Å²) in [7, 11) is 3.92. The van der Waals surface area contributed by atoms with Crippen molar-refractivity contribution in [2.75, 3.05) is 27.3 Å². The van der Waals surface area contributed by atoms with Crippen molar-refractivity contribution >= 4 is 6.34 Å². The Hall–Kier alpha value is -0.570. The van der Waals surface area contributed by atoms with Gasteiger partial charge in [-0.3, -0.25) is 10.3 Å². The molecule has 9 heavy (non-hydrogen) atoms. The summed E-state index contributed by atoms with van der Waals surface area (Å²) in [6, 6.07) is 0. The summed E-state index contributed by atoms with van der Waals surface area (Å²) in [5.41, 5.74) is 0. The fraction of sp³-hybridized carbons (Fsp3) is 0.833. The molecule has 0 unspecified atom stereocenters. The molecule has 1 N–H and O–H groups in total. The van der Waals surface area contributed by atoms with Crippen LogP contribution in [0.4, 0.5) is 0 Å². The van der Waals surface area contributed by atoms with E-state index in [1.807, 2.05) is 19.0 Å². The third-order valence-corrected chi connectivity index (χ3v) is 1.22. The predicted octanol–water partition coefficient (Wildman–Crippen LogP) is 0.434. The van der Waals surface area contributed by atoms with Crippen molar-refractivity contribution in [3.8, 4) is 0 Å². The number of rotatable bonds is 4. The normalized spacial score (nSPS) is 9.78. The van der Waals surface area contributed by atoms with Gasteiger partial charge >= 0.3 is 0 Å². The molecule has 0 radical (unpaired) electrons. The Morgan fingerprint density at radius 2 is 2.00 bits per heavy atom. The van der Waals surface area contributed by atoms with Gasteiger partial charge in [-0.2, -0.15) is 0 Å². The second kappa shape index (κ2) is 4.32. The molecule has 0 saturated heterocycles. The molecule has 0 atom stereocenters. The first-order valence-electron chi connectivity index (χ1n) is 3.10. The quantitative estimate of drug-likeness (QED) is 0.339. The SMILES string of the molecule is CCN(C)CN(C)C=N. The number of nitrogens with one attached hydrogen (secondary N) is 1. The summed E-state index contributed by atoms with van der Waals surface area (Å²) in [6.07, 6.45) is 1.33. The van der Waals surface area contributed by atoms with Crippen molar-refractivity contribution in [3.05, 3.63) is 0 Å². The summed E-state index contributed by atoms with van der Waals surface area (Å²) in [4.78, 5) is 3.95. The highest BCUT2D eigenvalue weighted by Gasteiger charge is 1.94. The van der Waals surface area contributed by atoms with E-state index in [2.05, 4.69) is 11.8 Å². The molecule has 0 aromatic rings. The lowest BCUT2D eigenvalue weighted by molar-refractivity contribution is 0.259. The van der Waals surface area contributed by atoms with Crippen LogP contribution in [0.3, 0.4) is 0 Å². The molecule has 3 heteroatoms. The van der Waals surface area contributed by atoms with Gasteiger partial charge in [-0.15, -0.1) is 0 Å². The molecule has 0 aliphatic heterocycles. The first-order chi connectivity index (χ1) is 4.20. The van der Waals surface area contributed by atoms with Crippen LogP contribution in [0, 0.1) is 5.41 Å². The zero-order chi connectivity index (χ0) is 7.28. The van der Waals surface area contributed by atoms with E-state index >= 15 is 0 Å². The molecule has 0 spiro atoms. The van der Waals surface area contributed by atoms with E-state index in [1.54, 1.807) is 0 Å². The molecule has 0 aromatic heterocycles. The van der Waals surface area contributed by atoms with Crippen molar-refractivity contribution in [1.29, 1.82) is 5.41 Å². The van der Waals surface area contributed by atoms with Gasteiger partial charge in [0.25, 0.3) is 0 Å². The van der Waals surface area contributed by atoms with Crippen LogP contribution in [-0.4, -0.2) is 43.4 Å².